The molecule has 3 heterocycles. The third kappa shape index (κ3) is 4.05. The molecule has 1 saturated heterocycles. The van der Waals surface area contributed by atoms with Crippen molar-refractivity contribution in [3.8, 4) is 0 Å². The topological polar surface area (TPSA) is 83.6 Å². The maximum Gasteiger partial charge on any atom is 0.410 e. The van der Waals surface area contributed by atoms with Gasteiger partial charge in [0.25, 0.3) is 5.91 Å². The molecule has 1 aromatic heterocycles. The number of rotatable bonds is 3. The lowest BCUT2D eigenvalue weighted by Crippen LogP contribution is -2.58. The Kier molecular flexibility index (Phi) is 5.73. The van der Waals surface area contributed by atoms with E-state index in [1.54, 1.807) is 27.7 Å². The molecule has 34 heavy (non-hydrogen) atoms. The molecule has 1 fully saturated rings. The van der Waals surface area contributed by atoms with Crippen LogP contribution in [0, 0.1) is 24.4 Å². The number of benzene rings is 1. The van der Waals surface area contributed by atoms with Gasteiger partial charge in [-0.2, -0.15) is 0 Å². The second kappa shape index (κ2) is 8.18. The predicted octanol–water partition coefficient (Wildman–Crippen LogP) is 3.89. The molecule has 2 aliphatic rings. The van der Waals surface area contributed by atoms with Gasteiger partial charge in [-0.1, -0.05) is 6.07 Å². The average Bonchev–Trinajstić information content (AvgIpc) is 2.71. The standard InChI is InChI=1S/C24H27F3N4O3/c1-12-16(25)7-6-15(18(12)26)24(5)11-29-21(32)14-8-28-20(19(27)17(14)24)30-13-9-31(10-13)22(33)34-23(2,3)4/h6-8,13H,9-11H2,1-5H3,(H,28,30)(H,29,32). The Morgan fingerprint density at radius 2 is 1.91 bits per heavy atom. The smallest absolute Gasteiger partial charge is 0.410 e. The van der Waals surface area contributed by atoms with E-state index in [0.717, 1.165) is 6.07 Å². The predicted molar refractivity (Wildman–Crippen MR) is 119 cm³/mol. The number of aromatic nitrogens is 1. The summed E-state index contributed by atoms with van der Waals surface area (Å²) < 4.78 is 50.1. The van der Waals surface area contributed by atoms with Crippen LogP contribution in [0.1, 0.15) is 54.7 Å². The molecule has 10 heteroatoms. The second-order valence-electron chi connectivity index (χ2n) is 9.98. The molecule has 1 aromatic carbocycles. The van der Waals surface area contributed by atoms with E-state index in [0.29, 0.717) is 0 Å². The third-order valence-electron chi connectivity index (χ3n) is 6.21. The van der Waals surface area contributed by atoms with E-state index < -0.39 is 40.5 Å². The van der Waals surface area contributed by atoms with Crippen LogP contribution in [0.2, 0.25) is 0 Å². The Morgan fingerprint density at radius 3 is 2.56 bits per heavy atom. The molecule has 1 unspecified atom stereocenters. The fourth-order valence-electron chi connectivity index (χ4n) is 4.30. The first-order valence-electron chi connectivity index (χ1n) is 11.0. The zero-order chi connectivity index (χ0) is 25.0. The fraction of sp³-hybridized carbons (Fsp3) is 0.458. The highest BCUT2D eigenvalue weighted by Crippen LogP contribution is 2.41. The van der Waals surface area contributed by atoms with Crippen molar-refractivity contribution >= 4 is 17.8 Å². The second-order valence-corrected chi connectivity index (χ2v) is 9.98. The molecule has 0 spiro atoms. The third-order valence-corrected chi connectivity index (χ3v) is 6.21. The summed E-state index contributed by atoms with van der Waals surface area (Å²) in [6.45, 7) is 8.72. The Bertz CT molecular complexity index is 1180. The minimum atomic E-state index is -1.29. The Balaban J connectivity index is 1.63. The molecule has 0 aliphatic carbocycles. The molecular formula is C24H27F3N4O3. The highest BCUT2D eigenvalue weighted by Gasteiger charge is 2.43. The van der Waals surface area contributed by atoms with E-state index in [-0.39, 0.29) is 53.7 Å². The summed E-state index contributed by atoms with van der Waals surface area (Å²) in [6.07, 6.45) is 0.780. The van der Waals surface area contributed by atoms with Crippen LogP contribution in [-0.2, 0) is 10.2 Å². The van der Waals surface area contributed by atoms with Crippen molar-refractivity contribution in [2.24, 2.45) is 0 Å². The molecule has 2 aliphatic heterocycles. The lowest BCUT2D eigenvalue weighted by Gasteiger charge is -2.41. The van der Waals surface area contributed by atoms with Gasteiger partial charge in [-0.3, -0.25) is 4.79 Å². The van der Waals surface area contributed by atoms with Crippen molar-refractivity contribution in [1.29, 1.82) is 0 Å². The zero-order valence-corrected chi connectivity index (χ0v) is 19.7. The molecule has 2 amide bonds. The summed E-state index contributed by atoms with van der Waals surface area (Å²) in [7, 11) is 0. The van der Waals surface area contributed by atoms with Gasteiger partial charge >= 0.3 is 6.09 Å². The first-order valence-corrected chi connectivity index (χ1v) is 11.0. The summed E-state index contributed by atoms with van der Waals surface area (Å²) in [5, 5.41) is 5.61. The molecule has 1 atom stereocenters. The van der Waals surface area contributed by atoms with Crippen molar-refractivity contribution < 1.29 is 27.5 Å². The SMILES string of the molecule is Cc1c(F)ccc(C2(C)CNC(=O)c3cnc(NC4CN(C(=O)OC(C)(C)C)C4)c(F)c32)c1F. The quantitative estimate of drug-likeness (QED) is 0.703. The number of carbonyl (C=O) groups is 2. The lowest BCUT2D eigenvalue weighted by atomic mass is 9.71. The van der Waals surface area contributed by atoms with E-state index in [1.165, 1.54) is 24.1 Å². The number of hydrogen-bond acceptors (Lipinski definition) is 5. The van der Waals surface area contributed by atoms with Gasteiger partial charge in [0, 0.05) is 47.9 Å². The van der Waals surface area contributed by atoms with E-state index in [9.17, 15) is 14.0 Å². The van der Waals surface area contributed by atoms with Crippen LogP contribution in [0.5, 0.6) is 0 Å². The van der Waals surface area contributed by atoms with Gasteiger partial charge in [0.05, 0.1) is 11.6 Å². The maximum absolute atomic E-state index is 15.8. The molecule has 2 aromatic rings. The van der Waals surface area contributed by atoms with E-state index in [2.05, 4.69) is 15.6 Å². The molecular weight excluding hydrogens is 449 g/mol. The van der Waals surface area contributed by atoms with Gasteiger partial charge in [0.2, 0.25) is 0 Å². The van der Waals surface area contributed by atoms with Crippen LogP contribution in [0.25, 0.3) is 0 Å². The first kappa shape index (κ1) is 23.8. The largest absolute Gasteiger partial charge is 0.444 e. The molecule has 182 valence electrons. The van der Waals surface area contributed by atoms with Crippen LogP contribution >= 0.6 is 0 Å². The van der Waals surface area contributed by atoms with Crippen molar-refractivity contribution in [3.63, 3.8) is 0 Å². The van der Waals surface area contributed by atoms with Crippen LogP contribution in [0.15, 0.2) is 18.3 Å². The average molecular weight is 476 g/mol. The normalized spacial score (nSPS) is 20.4. The Morgan fingerprint density at radius 1 is 1.24 bits per heavy atom. The number of carbonyl (C=O) groups excluding carboxylic acids is 2. The number of amides is 2. The lowest BCUT2D eigenvalue weighted by molar-refractivity contribution is 0.0104. The summed E-state index contributed by atoms with van der Waals surface area (Å²) in [6, 6.07) is 2.13. The highest BCUT2D eigenvalue weighted by molar-refractivity contribution is 5.98. The van der Waals surface area contributed by atoms with Crippen LogP contribution in [-0.4, -0.2) is 53.2 Å². The van der Waals surface area contributed by atoms with Gasteiger partial charge in [-0.05, 0) is 40.7 Å². The van der Waals surface area contributed by atoms with Crippen molar-refractivity contribution in [1.82, 2.24) is 15.2 Å². The van der Waals surface area contributed by atoms with Crippen LogP contribution < -0.4 is 10.6 Å². The maximum atomic E-state index is 15.8. The monoisotopic (exact) mass is 476 g/mol. The summed E-state index contributed by atoms with van der Waals surface area (Å²) >= 11 is 0. The number of nitrogens with zero attached hydrogens (tertiary/aromatic N) is 2. The Labute approximate surface area is 195 Å². The summed E-state index contributed by atoms with van der Waals surface area (Å²) in [5.74, 6) is -2.91. The first-order chi connectivity index (χ1) is 15.8. The molecule has 0 saturated carbocycles. The number of hydrogen-bond donors (Lipinski definition) is 2. The fourth-order valence-corrected chi connectivity index (χ4v) is 4.30. The molecule has 2 N–H and O–H groups in total. The number of likely N-dealkylation sites (tertiary alicyclic amines) is 1. The number of pyridine rings is 1. The number of nitrogens with one attached hydrogen (secondary N) is 2. The van der Waals surface area contributed by atoms with Crippen molar-refractivity contribution in [2.75, 3.05) is 25.0 Å². The van der Waals surface area contributed by atoms with Gasteiger partial charge in [0.1, 0.15) is 17.2 Å². The van der Waals surface area contributed by atoms with Crippen molar-refractivity contribution in [3.05, 3.63) is 58.0 Å². The minimum Gasteiger partial charge on any atom is -0.444 e. The number of ether oxygens (including phenoxy) is 1. The number of fused-ring (bicyclic) bond motifs is 1. The minimum absolute atomic E-state index is 0.0119. The Hall–Kier alpha value is -3.30. The molecule has 4 rings (SSSR count). The van der Waals surface area contributed by atoms with Gasteiger partial charge in [0.15, 0.2) is 11.6 Å². The van der Waals surface area contributed by atoms with Crippen LogP contribution in [0.4, 0.5) is 23.8 Å². The highest BCUT2D eigenvalue weighted by atomic mass is 19.1. The molecule has 0 radical (unpaired) electrons. The number of halogens is 3. The van der Waals surface area contributed by atoms with Gasteiger partial charge < -0.3 is 20.3 Å². The van der Waals surface area contributed by atoms with Gasteiger partial charge in [-0.15, -0.1) is 0 Å². The summed E-state index contributed by atoms with van der Waals surface area (Å²) in [4.78, 5) is 30.1. The zero-order valence-electron chi connectivity index (χ0n) is 19.7. The number of anilines is 1. The van der Waals surface area contributed by atoms with Gasteiger partial charge in [-0.25, -0.2) is 22.9 Å². The van der Waals surface area contributed by atoms with E-state index in [4.69, 9.17) is 4.74 Å². The summed E-state index contributed by atoms with van der Waals surface area (Å²) in [5.41, 5.74) is -2.05. The molecule has 7 nitrogen and oxygen atoms in total. The van der Waals surface area contributed by atoms with E-state index in [1.807, 2.05) is 0 Å². The van der Waals surface area contributed by atoms with Crippen molar-refractivity contribution in [2.45, 2.75) is 51.7 Å². The molecule has 0 bridgehead atoms. The van der Waals surface area contributed by atoms with Crippen LogP contribution in [0.3, 0.4) is 0 Å². The van der Waals surface area contributed by atoms with E-state index >= 15 is 8.78 Å².